The summed E-state index contributed by atoms with van der Waals surface area (Å²) in [5.41, 5.74) is 0.351. The first-order valence-electron chi connectivity index (χ1n) is 6.29. The third kappa shape index (κ3) is 5.33. The molecule has 0 spiro atoms. The van der Waals surface area contributed by atoms with Gasteiger partial charge in [0.25, 0.3) is 0 Å². The Labute approximate surface area is 104 Å². The third-order valence-electron chi connectivity index (χ3n) is 3.48. The fraction of sp³-hybridized carbons (Fsp3) is 0.769. The van der Waals surface area contributed by atoms with Crippen molar-refractivity contribution in [3.8, 4) is 0 Å². The van der Waals surface area contributed by atoms with Gasteiger partial charge in [-0.1, -0.05) is 26.8 Å². The van der Waals surface area contributed by atoms with Crippen molar-refractivity contribution in [1.82, 2.24) is 5.32 Å². The normalized spacial score (nSPS) is 12.8. The molecular formula is C13H25NO3. The van der Waals surface area contributed by atoms with Crippen LogP contribution >= 0.6 is 0 Å². The van der Waals surface area contributed by atoms with Crippen LogP contribution in [0, 0.1) is 5.41 Å². The number of nitrogens with one attached hydrogen (secondary N) is 1. The van der Waals surface area contributed by atoms with E-state index in [2.05, 4.69) is 19.2 Å². The Bertz CT molecular complexity index is 249. The van der Waals surface area contributed by atoms with Crippen molar-refractivity contribution in [3.05, 3.63) is 11.6 Å². The largest absolute Gasteiger partial charge is 0.478 e. The maximum Gasteiger partial charge on any atom is 0.331 e. The molecule has 0 radical (unpaired) electrons. The predicted octanol–water partition coefficient (Wildman–Crippen LogP) is 1.80. The van der Waals surface area contributed by atoms with E-state index < -0.39 is 5.97 Å². The molecule has 0 saturated carbocycles. The molecule has 0 rings (SSSR count). The van der Waals surface area contributed by atoms with Gasteiger partial charge >= 0.3 is 5.97 Å². The Kier molecular flexibility index (Phi) is 7.83. The van der Waals surface area contributed by atoms with Crippen molar-refractivity contribution < 1.29 is 15.0 Å². The number of carboxylic acid groups (broad SMARTS) is 1. The summed E-state index contributed by atoms with van der Waals surface area (Å²) in [4.78, 5) is 10.8. The standard InChI is InChI=1S/C13H25NO3/c1-4-11(12(16)17)7-8-14-9-13(5-2,6-3)10-15/h7,14-15H,4-6,8-10H2,1-3H3,(H,16,17). The number of hydrogen-bond acceptors (Lipinski definition) is 3. The minimum atomic E-state index is -0.853. The van der Waals surface area contributed by atoms with Crippen LogP contribution in [0.1, 0.15) is 40.0 Å². The van der Waals surface area contributed by atoms with Crippen LogP contribution in [0.4, 0.5) is 0 Å². The number of hydrogen-bond donors (Lipinski definition) is 3. The summed E-state index contributed by atoms with van der Waals surface area (Å²) in [6, 6.07) is 0. The second kappa shape index (κ2) is 8.25. The number of rotatable bonds is 9. The number of aliphatic hydroxyl groups is 1. The lowest BCUT2D eigenvalue weighted by Crippen LogP contribution is -2.36. The first-order chi connectivity index (χ1) is 8.05. The average Bonchev–Trinajstić information content (AvgIpc) is 2.34. The molecule has 3 N–H and O–H groups in total. The number of carbonyl (C=O) groups is 1. The van der Waals surface area contributed by atoms with Gasteiger partial charge in [0.05, 0.1) is 0 Å². The molecule has 0 fully saturated rings. The van der Waals surface area contributed by atoms with Crippen LogP contribution in [0.5, 0.6) is 0 Å². The van der Waals surface area contributed by atoms with Gasteiger partial charge < -0.3 is 15.5 Å². The van der Waals surface area contributed by atoms with E-state index in [0.717, 1.165) is 12.8 Å². The predicted molar refractivity (Wildman–Crippen MR) is 69.0 cm³/mol. The lowest BCUT2D eigenvalue weighted by Gasteiger charge is -2.29. The maximum atomic E-state index is 10.8. The van der Waals surface area contributed by atoms with Crippen molar-refractivity contribution in [2.75, 3.05) is 19.7 Å². The average molecular weight is 243 g/mol. The van der Waals surface area contributed by atoms with E-state index >= 15 is 0 Å². The molecule has 100 valence electrons. The molecule has 0 atom stereocenters. The molecule has 0 aromatic carbocycles. The maximum absolute atomic E-state index is 10.8. The first-order valence-corrected chi connectivity index (χ1v) is 6.29. The van der Waals surface area contributed by atoms with Crippen LogP contribution in [0.25, 0.3) is 0 Å². The van der Waals surface area contributed by atoms with E-state index in [0.29, 0.717) is 25.1 Å². The zero-order chi connectivity index (χ0) is 13.3. The summed E-state index contributed by atoms with van der Waals surface area (Å²) in [6.45, 7) is 7.37. The minimum absolute atomic E-state index is 0.0799. The van der Waals surface area contributed by atoms with Gasteiger partial charge in [0, 0.05) is 30.7 Å². The topological polar surface area (TPSA) is 69.6 Å². The van der Waals surface area contributed by atoms with Crippen LogP contribution in [0.15, 0.2) is 11.6 Å². The number of carboxylic acids is 1. The minimum Gasteiger partial charge on any atom is -0.478 e. The van der Waals surface area contributed by atoms with E-state index in [-0.39, 0.29) is 12.0 Å². The Hall–Kier alpha value is -0.870. The summed E-state index contributed by atoms with van der Waals surface area (Å²) in [6.07, 6.45) is 4.06. The monoisotopic (exact) mass is 243 g/mol. The summed E-state index contributed by atoms with van der Waals surface area (Å²) >= 11 is 0. The Balaban J connectivity index is 4.18. The van der Waals surface area contributed by atoms with Crippen LogP contribution < -0.4 is 5.32 Å². The van der Waals surface area contributed by atoms with E-state index in [4.69, 9.17) is 5.11 Å². The van der Waals surface area contributed by atoms with Crippen LogP contribution in [-0.2, 0) is 4.79 Å². The molecule has 0 unspecified atom stereocenters. The van der Waals surface area contributed by atoms with Crippen molar-refractivity contribution >= 4 is 5.97 Å². The van der Waals surface area contributed by atoms with Gasteiger partial charge in [-0.3, -0.25) is 0 Å². The fourth-order valence-electron chi connectivity index (χ4n) is 1.70. The fourth-order valence-corrected chi connectivity index (χ4v) is 1.70. The van der Waals surface area contributed by atoms with E-state index in [1.807, 2.05) is 6.92 Å². The molecule has 0 heterocycles. The van der Waals surface area contributed by atoms with Gasteiger partial charge in [-0.2, -0.15) is 0 Å². The van der Waals surface area contributed by atoms with E-state index in [1.54, 1.807) is 6.08 Å². The van der Waals surface area contributed by atoms with E-state index in [9.17, 15) is 9.90 Å². The number of aliphatic hydroxyl groups excluding tert-OH is 1. The Morgan fingerprint density at radius 3 is 2.24 bits per heavy atom. The lowest BCUT2D eigenvalue weighted by atomic mass is 9.83. The zero-order valence-electron chi connectivity index (χ0n) is 11.1. The summed E-state index contributed by atoms with van der Waals surface area (Å²) < 4.78 is 0. The molecule has 0 amide bonds. The van der Waals surface area contributed by atoms with Crippen LogP contribution in [0.2, 0.25) is 0 Å². The molecule has 0 aliphatic carbocycles. The molecule has 17 heavy (non-hydrogen) atoms. The Morgan fingerprint density at radius 1 is 1.29 bits per heavy atom. The molecule has 0 aliphatic heterocycles. The number of aliphatic carboxylic acids is 1. The molecule has 4 heteroatoms. The second-order valence-electron chi connectivity index (χ2n) is 4.38. The van der Waals surface area contributed by atoms with Crippen LogP contribution in [-0.4, -0.2) is 35.9 Å². The van der Waals surface area contributed by atoms with Crippen molar-refractivity contribution in [2.24, 2.45) is 5.41 Å². The molecule has 0 aromatic heterocycles. The third-order valence-corrected chi connectivity index (χ3v) is 3.48. The SMILES string of the molecule is CCC(=CCNCC(CC)(CC)CO)C(=O)O. The molecule has 0 aliphatic rings. The highest BCUT2D eigenvalue weighted by molar-refractivity contribution is 5.86. The molecular weight excluding hydrogens is 218 g/mol. The van der Waals surface area contributed by atoms with Gasteiger partial charge in [-0.15, -0.1) is 0 Å². The summed E-state index contributed by atoms with van der Waals surface area (Å²) in [5, 5.41) is 21.4. The van der Waals surface area contributed by atoms with Gasteiger partial charge in [0.15, 0.2) is 0 Å². The van der Waals surface area contributed by atoms with E-state index in [1.165, 1.54) is 0 Å². The van der Waals surface area contributed by atoms with Crippen molar-refractivity contribution in [2.45, 2.75) is 40.0 Å². The highest BCUT2D eigenvalue weighted by Crippen LogP contribution is 2.24. The molecule has 0 bridgehead atoms. The Morgan fingerprint density at radius 2 is 1.88 bits per heavy atom. The smallest absolute Gasteiger partial charge is 0.331 e. The molecule has 4 nitrogen and oxygen atoms in total. The quantitative estimate of drug-likeness (QED) is 0.426. The highest BCUT2D eigenvalue weighted by atomic mass is 16.4. The zero-order valence-corrected chi connectivity index (χ0v) is 11.1. The van der Waals surface area contributed by atoms with Gasteiger partial charge in [-0.05, 0) is 19.3 Å². The molecule has 0 saturated heterocycles. The summed E-state index contributed by atoms with van der Waals surface area (Å²) in [7, 11) is 0. The van der Waals surface area contributed by atoms with Crippen LogP contribution in [0.3, 0.4) is 0 Å². The van der Waals surface area contributed by atoms with Gasteiger partial charge in [-0.25, -0.2) is 4.79 Å². The van der Waals surface area contributed by atoms with Gasteiger partial charge in [0.2, 0.25) is 0 Å². The van der Waals surface area contributed by atoms with Gasteiger partial charge in [0.1, 0.15) is 0 Å². The van der Waals surface area contributed by atoms with Crippen molar-refractivity contribution in [3.63, 3.8) is 0 Å². The molecule has 0 aromatic rings. The van der Waals surface area contributed by atoms with Crippen molar-refractivity contribution in [1.29, 1.82) is 0 Å². The lowest BCUT2D eigenvalue weighted by molar-refractivity contribution is -0.132. The summed E-state index contributed by atoms with van der Waals surface area (Å²) in [5.74, 6) is -0.853. The second-order valence-corrected chi connectivity index (χ2v) is 4.38. The first kappa shape index (κ1) is 16.1. The highest BCUT2D eigenvalue weighted by Gasteiger charge is 2.24.